The van der Waals surface area contributed by atoms with E-state index < -0.39 is 6.03 Å². The second-order valence-corrected chi connectivity index (χ2v) is 5.01. The molecule has 0 aliphatic carbocycles. The minimum atomic E-state index is -0.402. The summed E-state index contributed by atoms with van der Waals surface area (Å²) in [7, 11) is 1.55. The summed E-state index contributed by atoms with van der Waals surface area (Å²) in [4.78, 5) is 20.0. The fraction of sp³-hybridized carbons (Fsp3) is 0.154. The van der Waals surface area contributed by atoms with Gasteiger partial charge in [0.05, 0.1) is 0 Å². The maximum absolute atomic E-state index is 11.9. The molecule has 0 fully saturated rings. The van der Waals surface area contributed by atoms with Gasteiger partial charge in [-0.25, -0.2) is 0 Å². The molecule has 0 saturated carbocycles. The van der Waals surface area contributed by atoms with E-state index in [0.717, 1.165) is 5.56 Å². The first-order valence-corrected chi connectivity index (χ1v) is 6.76. The van der Waals surface area contributed by atoms with Crippen LogP contribution in [-0.4, -0.2) is 40.0 Å². The number of anilines is 2. The number of hydrogen-bond acceptors (Lipinski definition) is 4. The maximum atomic E-state index is 11.9. The second kappa shape index (κ2) is 6.39. The molecular formula is C13H13AsN4O2. The third-order valence-corrected chi connectivity index (χ3v) is 2.92. The number of hydrogen-bond donors (Lipinski definition) is 2. The number of ether oxygens (including phenoxy) is 1. The molecule has 0 aliphatic rings. The Kier molecular flexibility index (Phi) is 4.58. The molecule has 0 unspecified atom stereocenters. The molecule has 0 spiro atoms. The van der Waals surface area contributed by atoms with Crippen molar-refractivity contribution >= 4 is 38.9 Å². The topological polar surface area (TPSA) is 76.1 Å². The molecule has 2 N–H and O–H groups in total. The monoisotopic (exact) mass is 332 g/mol. The summed E-state index contributed by atoms with van der Waals surface area (Å²) in [5.74, 6) is 0.977. The van der Waals surface area contributed by atoms with Gasteiger partial charge in [-0.2, -0.15) is 0 Å². The van der Waals surface area contributed by atoms with Gasteiger partial charge in [-0.05, 0) is 0 Å². The molecule has 0 atom stereocenters. The second-order valence-electron chi connectivity index (χ2n) is 4.05. The molecule has 1 heterocycles. The van der Waals surface area contributed by atoms with Gasteiger partial charge in [0.2, 0.25) is 0 Å². The molecule has 0 saturated heterocycles. The predicted molar refractivity (Wildman–Crippen MR) is 77.8 cm³/mol. The third kappa shape index (κ3) is 3.71. The van der Waals surface area contributed by atoms with Gasteiger partial charge in [0, 0.05) is 0 Å². The molecule has 2 aromatic rings. The standard InChI is InChI=1S/C13H13AsN4O2/c1-8-3-4-10(20-2)9(5-8)16-13(19)18-12-7-15-6-11(14)17-12/h3-7H,1-2H3,(H2,16,17,18,19). The Morgan fingerprint density at radius 2 is 2.10 bits per heavy atom. The van der Waals surface area contributed by atoms with Crippen LogP contribution < -0.4 is 19.9 Å². The van der Waals surface area contributed by atoms with Gasteiger partial charge in [-0.3, -0.25) is 0 Å². The van der Waals surface area contributed by atoms with Crippen molar-refractivity contribution in [2.45, 2.75) is 6.92 Å². The fourth-order valence-electron chi connectivity index (χ4n) is 1.61. The Morgan fingerprint density at radius 1 is 1.30 bits per heavy atom. The summed E-state index contributed by atoms with van der Waals surface area (Å²) >= 11 is 2.27. The minimum absolute atomic E-state index is 0.382. The Bertz CT molecular complexity index is 634. The number of methoxy groups -OCH3 is 1. The van der Waals surface area contributed by atoms with Crippen LogP contribution >= 0.6 is 0 Å². The number of carbonyl (C=O) groups excluding carboxylic acids is 1. The van der Waals surface area contributed by atoms with Crippen LogP contribution in [0.1, 0.15) is 5.56 Å². The zero-order valence-corrected chi connectivity index (χ0v) is 12.9. The molecule has 7 heteroatoms. The summed E-state index contributed by atoms with van der Waals surface area (Å²) < 4.78 is 5.87. The van der Waals surface area contributed by atoms with Crippen LogP contribution in [0, 0.1) is 6.92 Å². The molecule has 2 rings (SSSR count). The number of amides is 2. The fourth-order valence-corrected chi connectivity index (χ4v) is 1.97. The van der Waals surface area contributed by atoms with E-state index >= 15 is 0 Å². The molecule has 2 radical (unpaired) electrons. The van der Waals surface area contributed by atoms with Crippen LogP contribution in [0.5, 0.6) is 5.75 Å². The van der Waals surface area contributed by atoms with E-state index in [1.807, 2.05) is 19.1 Å². The van der Waals surface area contributed by atoms with E-state index in [1.54, 1.807) is 19.4 Å². The number of carbonyl (C=O) groups is 1. The van der Waals surface area contributed by atoms with Crippen molar-refractivity contribution in [2.75, 3.05) is 17.7 Å². The number of aryl methyl sites for hydroxylation is 1. The number of aromatic nitrogens is 2. The van der Waals surface area contributed by atoms with Crippen LogP contribution in [0.3, 0.4) is 0 Å². The Morgan fingerprint density at radius 3 is 2.80 bits per heavy atom. The van der Waals surface area contributed by atoms with Gasteiger partial charge >= 0.3 is 125 Å². The third-order valence-electron chi connectivity index (χ3n) is 2.47. The molecule has 102 valence electrons. The summed E-state index contributed by atoms with van der Waals surface area (Å²) in [5, 5.41) is 5.34. The number of rotatable bonds is 3. The number of nitrogens with zero attached hydrogens (tertiary/aromatic N) is 2. The van der Waals surface area contributed by atoms with E-state index in [-0.39, 0.29) is 0 Å². The van der Waals surface area contributed by atoms with E-state index in [9.17, 15) is 4.79 Å². The van der Waals surface area contributed by atoms with Crippen LogP contribution in [0.4, 0.5) is 16.3 Å². The first kappa shape index (κ1) is 14.3. The van der Waals surface area contributed by atoms with E-state index in [4.69, 9.17) is 4.74 Å². The number of benzene rings is 1. The van der Waals surface area contributed by atoms with Crippen molar-refractivity contribution in [3.63, 3.8) is 0 Å². The van der Waals surface area contributed by atoms with Crippen molar-refractivity contribution in [2.24, 2.45) is 0 Å². The zero-order valence-electron chi connectivity index (χ0n) is 11.0. The van der Waals surface area contributed by atoms with Crippen molar-refractivity contribution in [1.29, 1.82) is 0 Å². The molecule has 2 amide bonds. The zero-order chi connectivity index (χ0) is 14.5. The SMILES string of the molecule is COc1ccc(C)cc1NC(=O)Nc1cncc([As])n1. The van der Waals surface area contributed by atoms with Gasteiger partial charge in [0.25, 0.3) is 0 Å². The van der Waals surface area contributed by atoms with Gasteiger partial charge in [-0.15, -0.1) is 0 Å². The van der Waals surface area contributed by atoms with Gasteiger partial charge in [0.15, 0.2) is 0 Å². The van der Waals surface area contributed by atoms with Crippen molar-refractivity contribution in [1.82, 2.24) is 9.97 Å². The van der Waals surface area contributed by atoms with Gasteiger partial charge in [-0.1, -0.05) is 0 Å². The molecular weight excluding hydrogens is 319 g/mol. The van der Waals surface area contributed by atoms with E-state index in [2.05, 4.69) is 37.5 Å². The predicted octanol–water partition coefficient (Wildman–Crippen LogP) is 1.23. The Labute approximate surface area is 125 Å². The van der Waals surface area contributed by atoms with E-state index in [0.29, 0.717) is 21.7 Å². The number of nitrogens with one attached hydrogen (secondary N) is 2. The summed E-state index contributed by atoms with van der Waals surface area (Å²) in [6.45, 7) is 1.94. The van der Waals surface area contributed by atoms with Crippen molar-refractivity contribution in [3.05, 3.63) is 36.2 Å². The average molecular weight is 332 g/mol. The molecule has 0 bridgehead atoms. The summed E-state index contributed by atoms with van der Waals surface area (Å²) in [6, 6.07) is 5.14. The van der Waals surface area contributed by atoms with Crippen LogP contribution in [-0.2, 0) is 0 Å². The Balaban J connectivity index is 2.10. The van der Waals surface area contributed by atoms with Crippen LogP contribution in [0.15, 0.2) is 30.6 Å². The van der Waals surface area contributed by atoms with Gasteiger partial charge < -0.3 is 0 Å². The number of urea groups is 1. The van der Waals surface area contributed by atoms with Crippen LogP contribution in [0.25, 0.3) is 0 Å². The van der Waals surface area contributed by atoms with Crippen molar-refractivity contribution < 1.29 is 9.53 Å². The average Bonchev–Trinajstić information content (AvgIpc) is 2.38. The molecule has 6 nitrogen and oxygen atoms in total. The molecule has 20 heavy (non-hydrogen) atoms. The molecule has 0 aliphatic heterocycles. The van der Waals surface area contributed by atoms with Crippen LogP contribution in [0.2, 0.25) is 0 Å². The first-order chi connectivity index (χ1) is 9.58. The summed E-state index contributed by atoms with van der Waals surface area (Å²) in [6.07, 6.45) is 3.07. The van der Waals surface area contributed by atoms with E-state index in [1.165, 1.54) is 6.20 Å². The first-order valence-electron chi connectivity index (χ1n) is 5.82. The molecule has 1 aromatic carbocycles. The molecule has 1 aromatic heterocycles. The normalized spacial score (nSPS) is 9.95. The van der Waals surface area contributed by atoms with Gasteiger partial charge in [0.1, 0.15) is 0 Å². The quantitative estimate of drug-likeness (QED) is 0.829. The Hall–Kier alpha value is -2.07. The van der Waals surface area contributed by atoms with Crippen molar-refractivity contribution in [3.8, 4) is 5.75 Å². The summed E-state index contributed by atoms with van der Waals surface area (Å²) in [5.41, 5.74) is 1.62.